The Morgan fingerprint density at radius 3 is 2.50 bits per heavy atom. The zero-order valence-corrected chi connectivity index (χ0v) is 14.3. The van der Waals surface area contributed by atoms with Crippen LogP contribution in [0.4, 0.5) is 5.69 Å². The van der Waals surface area contributed by atoms with Gasteiger partial charge in [-0.25, -0.2) is 0 Å². The Kier molecular flexibility index (Phi) is 7.05. The van der Waals surface area contributed by atoms with Crippen molar-refractivity contribution < 1.29 is 0 Å². The molecule has 102 valence electrons. The van der Waals surface area contributed by atoms with Crippen LogP contribution in [0.1, 0.15) is 57.4 Å². The topological polar surface area (TPSA) is 3.24 Å². The fraction of sp³-hybridized carbons (Fsp3) is 0.625. The molecule has 0 spiro atoms. The van der Waals surface area contributed by atoms with Crippen molar-refractivity contribution >= 4 is 28.3 Å². The van der Waals surface area contributed by atoms with Gasteiger partial charge in [0.25, 0.3) is 0 Å². The van der Waals surface area contributed by atoms with E-state index in [-0.39, 0.29) is 0 Å². The Bertz CT molecular complexity index is 360. The lowest BCUT2D eigenvalue weighted by atomic mass is 9.93. The number of hydrogen-bond acceptors (Lipinski definition) is 1. The Labute approximate surface area is 126 Å². The average Bonchev–Trinajstić information content (AvgIpc) is 2.34. The van der Waals surface area contributed by atoms with Crippen LogP contribution in [0.3, 0.4) is 0 Å². The largest absolute Gasteiger partial charge is 0.377 e. The minimum atomic E-state index is 0.661. The van der Waals surface area contributed by atoms with Gasteiger partial charge < -0.3 is 4.90 Å². The van der Waals surface area contributed by atoms with E-state index >= 15 is 0 Å². The van der Waals surface area contributed by atoms with Gasteiger partial charge in [0, 0.05) is 23.4 Å². The van der Waals surface area contributed by atoms with Crippen LogP contribution >= 0.6 is 22.6 Å². The molecule has 0 amide bonds. The van der Waals surface area contributed by atoms with Crippen LogP contribution < -0.4 is 4.90 Å². The highest BCUT2D eigenvalue weighted by atomic mass is 127. The van der Waals surface area contributed by atoms with Gasteiger partial charge in [-0.15, -0.1) is 0 Å². The van der Waals surface area contributed by atoms with E-state index in [0.29, 0.717) is 5.92 Å². The van der Waals surface area contributed by atoms with Crippen molar-refractivity contribution in [2.75, 3.05) is 19.0 Å². The molecule has 18 heavy (non-hydrogen) atoms. The molecular weight excluding hydrogens is 333 g/mol. The SMILES string of the molecule is CCCCCCC(C)c1cc(I)ccc1N(C)C. The summed E-state index contributed by atoms with van der Waals surface area (Å²) in [6, 6.07) is 6.79. The number of unbranched alkanes of at least 4 members (excludes halogenated alkanes) is 3. The first-order valence-electron chi connectivity index (χ1n) is 7.03. The van der Waals surface area contributed by atoms with E-state index in [2.05, 4.69) is 73.6 Å². The summed E-state index contributed by atoms with van der Waals surface area (Å²) in [5.41, 5.74) is 2.88. The number of benzene rings is 1. The molecule has 0 fully saturated rings. The predicted molar refractivity (Wildman–Crippen MR) is 90.7 cm³/mol. The van der Waals surface area contributed by atoms with E-state index < -0.39 is 0 Å². The van der Waals surface area contributed by atoms with Gasteiger partial charge in [-0.05, 0) is 58.7 Å². The molecule has 1 nitrogen and oxygen atoms in total. The van der Waals surface area contributed by atoms with Crippen molar-refractivity contribution in [1.29, 1.82) is 0 Å². The van der Waals surface area contributed by atoms with E-state index in [1.165, 1.54) is 46.9 Å². The molecular formula is C16H26IN. The van der Waals surface area contributed by atoms with E-state index in [1.807, 2.05) is 0 Å². The lowest BCUT2D eigenvalue weighted by Gasteiger charge is -2.22. The molecule has 0 aliphatic carbocycles. The second kappa shape index (κ2) is 8.03. The average molecular weight is 359 g/mol. The zero-order valence-electron chi connectivity index (χ0n) is 12.2. The maximum absolute atomic E-state index is 2.41. The van der Waals surface area contributed by atoms with Crippen LogP contribution in [0.5, 0.6) is 0 Å². The fourth-order valence-electron chi connectivity index (χ4n) is 2.36. The molecule has 0 bridgehead atoms. The van der Waals surface area contributed by atoms with Crippen molar-refractivity contribution in [1.82, 2.24) is 0 Å². The second-order valence-corrected chi connectivity index (χ2v) is 6.59. The first-order chi connectivity index (χ1) is 8.56. The quantitative estimate of drug-likeness (QED) is 0.463. The Morgan fingerprint density at radius 2 is 1.89 bits per heavy atom. The molecule has 0 N–H and O–H groups in total. The molecule has 0 aliphatic heterocycles. The van der Waals surface area contributed by atoms with E-state index in [9.17, 15) is 0 Å². The Balaban J connectivity index is 2.70. The van der Waals surface area contributed by atoms with Crippen molar-refractivity contribution in [2.45, 2.75) is 51.9 Å². The van der Waals surface area contributed by atoms with E-state index in [4.69, 9.17) is 0 Å². The third-order valence-corrected chi connectivity index (χ3v) is 4.16. The molecule has 1 unspecified atom stereocenters. The van der Waals surface area contributed by atoms with Gasteiger partial charge in [-0.1, -0.05) is 39.5 Å². The van der Waals surface area contributed by atoms with Gasteiger partial charge in [0.2, 0.25) is 0 Å². The summed E-state index contributed by atoms with van der Waals surface area (Å²) >= 11 is 2.41. The van der Waals surface area contributed by atoms with E-state index in [0.717, 1.165) is 0 Å². The van der Waals surface area contributed by atoms with Crippen LogP contribution in [-0.2, 0) is 0 Å². The highest BCUT2D eigenvalue weighted by Crippen LogP contribution is 2.31. The van der Waals surface area contributed by atoms with Crippen LogP contribution in [0.15, 0.2) is 18.2 Å². The van der Waals surface area contributed by atoms with Crippen molar-refractivity contribution in [3.8, 4) is 0 Å². The third kappa shape index (κ3) is 4.79. The summed E-state index contributed by atoms with van der Waals surface area (Å²) in [6.07, 6.45) is 6.73. The smallest absolute Gasteiger partial charge is 0.0397 e. The first kappa shape index (κ1) is 15.8. The standard InChI is InChI=1S/C16H26IN/c1-5-6-7-8-9-13(2)15-12-14(17)10-11-16(15)18(3)4/h10-13H,5-9H2,1-4H3. The van der Waals surface area contributed by atoms with Crippen LogP contribution in [0.2, 0.25) is 0 Å². The molecule has 0 radical (unpaired) electrons. The van der Waals surface area contributed by atoms with Crippen LogP contribution in [0, 0.1) is 3.57 Å². The summed E-state index contributed by atoms with van der Waals surface area (Å²) < 4.78 is 1.34. The molecule has 1 aromatic carbocycles. The summed E-state index contributed by atoms with van der Waals surface area (Å²) in [5, 5.41) is 0. The number of hydrogen-bond donors (Lipinski definition) is 0. The zero-order chi connectivity index (χ0) is 13.5. The van der Waals surface area contributed by atoms with Gasteiger partial charge >= 0.3 is 0 Å². The highest BCUT2D eigenvalue weighted by molar-refractivity contribution is 14.1. The molecule has 2 heteroatoms. The van der Waals surface area contributed by atoms with Crippen LogP contribution in [-0.4, -0.2) is 14.1 Å². The summed E-state index contributed by atoms with van der Waals surface area (Å²) in [6.45, 7) is 4.64. The lowest BCUT2D eigenvalue weighted by molar-refractivity contribution is 0.579. The molecule has 0 aromatic heterocycles. The lowest BCUT2D eigenvalue weighted by Crippen LogP contribution is -2.12. The first-order valence-corrected chi connectivity index (χ1v) is 8.11. The minimum absolute atomic E-state index is 0.661. The van der Waals surface area contributed by atoms with Gasteiger partial charge in [-0.2, -0.15) is 0 Å². The van der Waals surface area contributed by atoms with Crippen molar-refractivity contribution in [2.24, 2.45) is 0 Å². The second-order valence-electron chi connectivity index (χ2n) is 5.35. The summed E-state index contributed by atoms with van der Waals surface area (Å²) in [4.78, 5) is 2.23. The predicted octanol–water partition coefficient (Wildman–Crippen LogP) is 5.43. The van der Waals surface area contributed by atoms with E-state index in [1.54, 1.807) is 0 Å². The summed E-state index contributed by atoms with van der Waals surface area (Å²) in [5.74, 6) is 0.661. The normalized spacial score (nSPS) is 12.5. The Morgan fingerprint density at radius 1 is 1.17 bits per heavy atom. The van der Waals surface area contributed by atoms with Gasteiger partial charge in [0.1, 0.15) is 0 Å². The molecule has 1 atom stereocenters. The highest BCUT2D eigenvalue weighted by Gasteiger charge is 2.12. The Hall–Kier alpha value is -0.250. The van der Waals surface area contributed by atoms with Crippen molar-refractivity contribution in [3.63, 3.8) is 0 Å². The summed E-state index contributed by atoms with van der Waals surface area (Å²) in [7, 11) is 4.27. The monoisotopic (exact) mass is 359 g/mol. The fourth-order valence-corrected chi connectivity index (χ4v) is 2.88. The number of nitrogens with zero attached hydrogens (tertiary/aromatic N) is 1. The molecule has 0 saturated carbocycles. The maximum atomic E-state index is 2.41. The maximum Gasteiger partial charge on any atom is 0.0397 e. The van der Waals surface area contributed by atoms with Gasteiger partial charge in [-0.3, -0.25) is 0 Å². The minimum Gasteiger partial charge on any atom is -0.377 e. The van der Waals surface area contributed by atoms with Crippen molar-refractivity contribution in [3.05, 3.63) is 27.3 Å². The molecule has 0 aliphatic rings. The van der Waals surface area contributed by atoms with Gasteiger partial charge in [0.15, 0.2) is 0 Å². The van der Waals surface area contributed by atoms with Crippen LogP contribution in [0.25, 0.3) is 0 Å². The number of rotatable bonds is 7. The molecule has 1 rings (SSSR count). The number of halogens is 1. The molecule has 0 saturated heterocycles. The third-order valence-electron chi connectivity index (χ3n) is 3.49. The molecule has 1 aromatic rings. The number of anilines is 1. The van der Waals surface area contributed by atoms with Gasteiger partial charge in [0.05, 0.1) is 0 Å². The molecule has 0 heterocycles.